The summed E-state index contributed by atoms with van der Waals surface area (Å²) in [6, 6.07) is -0.0822. The van der Waals surface area contributed by atoms with E-state index in [4.69, 9.17) is 5.11 Å². The van der Waals surface area contributed by atoms with Gasteiger partial charge in [-0.2, -0.15) is 0 Å². The van der Waals surface area contributed by atoms with Crippen LogP contribution in [0.2, 0.25) is 0 Å². The van der Waals surface area contributed by atoms with E-state index >= 15 is 0 Å². The largest absolute Gasteiger partial charge is 0.480 e. The zero-order valence-corrected chi connectivity index (χ0v) is 17.0. The van der Waals surface area contributed by atoms with Gasteiger partial charge in [0, 0.05) is 32.0 Å². The molecule has 2 aliphatic rings. The summed E-state index contributed by atoms with van der Waals surface area (Å²) in [5.41, 5.74) is 0. The minimum atomic E-state index is -0.984. The highest BCUT2D eigenvalue weighted by atomic mass is 16.4. The van der Waals surface area contributed by atoms with Gasteiger partial charge in [0.2, 0.25) is 11.8 Å². The van der Waals surface area contributed by atoms with Crippen LogP contribution in [0, 0.1) is 11.8 Å². The molecular weight excluding hydrogens is 344 g/mol. The highest BCUT2D eigenvalue weighted by Gasteiger charge is 2.32. The predicted molar refractivity (Wildman–Crippen MR) is 104 cm³/mol. The summed E-state index contributed by atoms with van der Waals surface area (Å²) in [6.45, 7) is 4.75. The average molecular weight is 381 g/mol. The SMILES string of the molecule is CCCCC1CCC(C(=O)N2CCCC(N(CC(=O)O)C(C)=O)CC2)CC1. The average Bonchev–Trinajstić information content (AvgIpc) is 2.90. The van der Waals surface area contributed by atoms with Crippen LogP contribution in [0.4, 0.5) is 0 Å². The number of carboxylic acid groups (broad SMARTS) is 1. The molecule has 0 radical (unpaired) electrons. The van der Waals surface area contributed by atoms with Crippen LogP contribution in [0.1, 0.15) is 78.1 Å². The maximum absolute atomic E-state index is 13.0. The van der Waals surface area contributed by atoms with Crippen molar-refractivity contribution in [3.63, 3.8) is 0 Å². The summed E-state index contributed by atoms with van der Waals surface area (Å²) in [5.74, 6) is 0.0389. The minimum Gasteiger partial charge on any atom is -0.480 e. The fraction of sp³-hybridized carbons (Fsp3) is 0.857. The van der Waals surface area contributed by atoms with Gasteiger partial charge < -0.3 is 14.9 Å². The Morgan fingerprint density at radius 2 is 1.74 bits per heavy atom. The van der Waals surface area contributed by atoms with Gasteiger partial charge in [-0.3, -0.25) is 14.4 Å². The molecule has 0 aromatic rings. The summed E-state index contributed by atoms with van der Waals surface area (Å²) < 4.78 is 0. The van der Waals surface area contributed by atoms with Gasteiger partial charge in [-0.05, 0) is 50.9 Å². The Morgan fingerprint density at radius 1 is 1.04 bits per heavy atom. The molecule has 1 heterocycles. The van der Waals surface area contributed by atoms with Crippen molar-refractivity contribution in [2.45, 2.75) is 84.1 Å². The lowest BCUT2D eigenvalue weighted by Gasteiger charge is -2.32. The van der Waals surface area contributed by atoms with Crippen molar-refractivity contribution >= 4 is 17.8 Å². The van der Waals surface area contributed by atoms with Crippen LogP contribution in [-0.2, 0) is 14.4 Å². The lowest BCUT2D eigenvalue weighted by molar-refractivity contribution is -0.145. The molecule has 1 aliphatic heterocycles. The van der Waals surface area contributed by atoms with Crippen LogP contribution in [0.15, 0.2) is 0 Å². The number of nitrogens with zero attached hydrogens (tertiary/aromatic N) is 2. The van der Waals surface area contributed by atoms with Crippen molar-refractivity contribution in [1.29, 1.82) is 0 Å². The van der Waals surface area contributed by atoms with Crippen molar-refractivity contribution in [2.24, 2.45) is 11.8 Å². The fourth-order valence-corrected chi connectivity index (χ4v) is 4.70. The minimum absolute atomic E-state index is 0.0822. The quantitative estimate of drug-likeness (QED) is 0.735. The molecule has 27 heavy (non-hydrogen) atoms. The summed E-state index contributed by atoms with van der Waals surface area (Å²) in [4.78, 5) is 39.3. The molecule has 1 atom stereocenters. The van der Waals surface area contributed by atoms with E-state index in [0.717, 1.165) is 38.1 Å². The maximum Gasteiger partial charge on any atom is 0.323 e. The third-order valence-electron chi connectivity index (χ3n) is 6.32. The number of unbranched alkanes of at least 4 members (excludes halogenated alkanes) is 1. The second-order valence-corrected chi connectivity index (χ2v) is 8.31. The van der Waals surface area contributed by atoms with Gasteiger partial charge in [0.1, 0.15) is 6.54 Å². The Bertz CT molecular complexity index is 514. The third kappa shape index (κ3) is 6.51. The number of hydrogen-bond donors (Lipinski definition) is 1. The van der Waals surface area contributed by atoms with E-state index in [1.807, 2.05) is 4.90 Å². The van der Waals surface area contributed by atoms with E-state index in [1.165, 1.54) is 43.9 Å². The lowest BCUT2D eigenvalue weighted by Crippen LogP contribution is -2.43. The Hall–Kier alpha value is -1.59. The zero-order chi connectivity index (χ0) is 19.8. The van der Waals surface area contributed by atoms with E-state index in [1.54, 1.807) is 0 Å². The van der Waals surface area contributed by atoms with Gasteiger partial charge in [-0.25, -0.2) is 0 Å². The van der Waals surface area contributed by atoms with E-state index in [2.05, 4.69) is 6.92 Å². The normalized spacial score (nSPS) is 26.3. The molecule has 0 aromatic carbocycles. The van der Waals surface area contributed by atoms with Crippen molar-refractivity contribution in [2.75, 3.05) is 19.6 Å². The van der Waals surface area contributed by atoms with Gasteiger partial charge in [0.15, 0.2) is 0 Å². The van der Waals surface area contributed by atoms with Crippen LogP contribution < -0.4 is 0 Å². The van der Waals surface area contributed by atoms with Crippen molar-refractivity contribution in [3.8, 4) is 0 Å². The van der Waals surface area contributed by atoms with Crippen LogP contribution >= 0.6 is 0 Å². The highest BCUT2D eigenvalue weighted by Crippen LogP contribution is 2.33. The first-order valence-corrected chi connectivity index (χ1v) is 10.7. The summed E-state index contributed by atoms with van der Waals surface area (Å²) in [5, 5.41) is 9.06. The molecular formula is C21H36N2O4. The molecule has 0 spiro atoms. The molecule has 2 fully saturated rings. The van der Waals surface area contributed by atoms with E-state index in [9.17, 15) is 14.4 Å². The molecule has 1 aliphatic carbocycles. The van der Waals surface area contributed by atoms with Crippen LogP contribution in [0.5, 0.6) is 0 Å². The fourth-order valence-electron chi connectivity index (χ4n) is 4.70. The van der Waals surface area contributed by atoms with Crippen LogP contribution in [-0.4, -0.2) is 58.4 Å². The smallest absolute Gasteiger partial charge is 0.323 e. The van der Waals surface area contributed by atoms with E-state index in [0.29, 0.717) is 13.0 Å². The van der Waals surface area contributed by atoms with Crippen LogP contribution in [0.3, 0.4) is 0 Å². The standard InChI is InChI=1S/C21H36N2O4/c1-3-4-6-17-8-10-18(11-9-17)21(27)22-13-5-7-19(12-14-22)23(16(2)24)15-20(25)26/h17-19H,3-15H2,1-2H3,(H,25,26). The second-order valence-electron chi connectivity index (χ2n) is 8.31. The molecule has 1 saturated carbocycles. The molecule has 0 aromatic heterocycles. The molecule has 154 valence electrons. The Morgan fingerprint density at radius 3 is 2.33 bits per heavy atom. The van der Waals surface area contributed by atoms with Gasteiger partial charge in [-0.1, -0.05) is 26.2 Å². The molecule has 6 nitrogen and oxygen atoms in total. The molecule has 6 heteroatoms. The van der Waals surface area contributed by atoms with Gasteiger partial charge in [0.25, 0.3) is 0 Å². The monoisotopic (exact) mass is 380 g/mol. The summed E-state index contributed by atoms with van der Waals surface area (Å²) in [7, 11) is 0. The summed E-state index contributed by atoms with van der Waals surface area (Å²) >= 11 is 0. The molecule has 2 rings (SSSR count). The number of aliphatic carboxylic acids is 1. The number of carbonyl (C=O) groups excluding carboxylic acids is 2. The van der Waals surface area contributed by atoms with Crippen LogP contribution in [0.25, 0.3) is 0 Å². The number of hydrogen-bond acceptors (Lipinski definition) is 3. The molecule has 1 saturated heterocycles. The van der Waals surface area contributed by atoms with Crippen molar-refractivity contribution in [3.05, 3.63) is 0 Å². The zero-order valence-electron chi connectivity index (χ0n) is 17.0. The molecule has 2 amide bonds. The van der Waals surface area contributed by atoms with E-state index < -0.39 is 5.97 Å². The van der Waals surface area contributed by atoms with Crippen molar-refractivity contribution < 1.29 is 19.5 Å². The number of likely N-dealkylation sites (tertiary alicyclic amines) is 1. The maximum atomic E-state index is 13.0. The van der Waals surface area contributed by atoms with Gasteiger partial charge in [0.05, 0.1) is 0 Å². The molecule has 0 bridgehead atoms. The Labute approximate surface area is 163 Å². The topological polar surface area (TPSA) is 77.9 Å². The number of carboxylic acids is 1. The first kappa shape index (κ1) is 21.7. The summed E-state index contributed by atoms with van der Waals surface area (Å²) in [6.07, 6.45) is 10.4. The van der Waals surface area contributed by atoms with Crippen molar-refractivity contribution in [1.82, 2.24) is 9.80 Å². The van der Waals surface area contributed by atoms with Gasteiger partial charge >= 0.3 is 5.97 Å². The van der Waals surface area contributed by atoms with E-state index in [-0.39, 0.29) is 30.3 Å². The first-order valence-electron chi connectivity index (χ1n) is 10.7. The Kier molecular flexibility index (Phi) is 8.58. The molecule has 1 N–H and O–H groups in total. The number of carbonyl (C=O) groups is 3. The number of amides is 2. The first-order chi connectivity index (χ1) is 12.9. The highest BCUT2D eigenvalue weighted by molar-refractivity contribution is 5.80. The Balaban J connectivity index is 1.85. The second kappa shape index (κ2) is 10.7. The van der Waals surface area contributed by atoms with Gasteiger partial charge in [-0.15, -0.1) is 0 Å². The lowest BCUT2D eigenvalue weighted by atomic mass is 9.79. The molecule has 1 unspecified atom stereocenters. The predicted octanol–water partition coefficient (Wildman–Crippen LogP) is 3.30. The third-order valence-corrected chi connectivity index (χ3v) is 6.32. The number of rotatable bonds is 7.